The molecule has 0 N–H and O–H groups in total. The highest BCUT2D eigenvalue weighted by Gasteiger charge is 2.31. The van der Waals surface area contributed by atoms with Crippen LogP contribution in [-0.2, 0) is 4.79 Å². The fraction of sp³-hybridized carbons (Fsp3) is 0.417. The summed E-state index contributed by atoms with van der Waals surface area (Å²) in [5.74, 6) is 0.173. The minimum Gasteiger partial charge on any atom is -0.496 e. The molecule has 0 aliphatic carbocycles. The van der Waals surface area contributed by atoms with Gasteiger partial charge in [-0.25, -0.2) is 0 Å². The lowest BCUT2D eigenvalue weighted by atomic mass is 10.1. The Morgan fingerprint density at radius 2 is 2.11 bits per heavy atom. The molecule has 104 valence electrons. The Morgan fingerprint density at radius 1 is 1.47 bits per heavy atom. The van der Waals surface area contributed by atoms with Crippen LogP contribution in [-0.4, -0.2) is 28.7 Å². The van der Waals surface area contributed by atoms with E-state index in [0.717, 1.165) is 0 Å². The summed E-state index contributed by atoms with van der Waals surface area (Å²) < 4.78 is 10.4. The number of nitrogens with zero attached hydrogens (tertiary/aromatic N) is 1. The Kier molecular flexibility index (Phi) is 4.88. The van der Waals surface area contributed by atoms with Crippen LogP contribution in [0.25, 0.3) is 0 Å². The smallest absolute Gasteiger partial charge is 0.314 e. The van der Waals surface area contributed by atoms with Crippen molar-refractivity contribution in [2.75, 3.05) is 12.4 Å². The summed E-state index contributed by atoms with van der Waals surface area (Å²) in [4.78, 5) is 22.1. The van der Waals surface area contributed by atoms with Crippen LogP contribution >= 0.6 is 15.9 Å². The number of nitro groups is 1. The molecule has 0 bridgehead atoms. The van der Waals surface area contributed by atoms with E-state index < -0.39 is 10.5 Å². The Hall–Kier alpha value is -1.63. The van der Waals surface area contributed by atoms with Gasteiger partial charge in [0.2, 0.25) is 0 Å². The molecule has 0 atom stereocenters. The summed E-state index contributed by atoms with van der Waals surface area (Å²) in [6.07, 6.45) is 0. The SMILES string of the molecule is COc1ccc(OC(C)(C)C(=O)CBr)c([N+](=O)[O-])c1. The lowest BCUT2D eigenvalue weighted by Gasteiger charge is -2.24. The number of ether oxygens (including phenoxy) is 2. The van der Waals surface area contributed by atoms with Crippen LogP contribution in [0.5, 0.6) is 11.5 Å². The fourth-order valence-corrected chi connectivity index (χ4v) is 2.02. The van der Waals surface area contributed by atoms with Crippen LogP contribution in [0.1, 0.15) is 13.8 Å². The van der Waals surface area contributed by atoms with Crippen molar-refractivity contribution in [3.05, 3.63) is 28.3 Å². The maximum atomic E-state index is 11.7. The number of carbonyl (C=O) groups is 1. The number of rotatable bonds is 6. The molecule has 0 aliphatic heterocycles. The van der Waals surface area contributed by atoms with E-state index >= 15 is 0 Å². The first-order valence-corrected chi connectivity index (χ1v) is 6.54. The van der Waals surface area contributed by atoms with Crippen molar-refractivity contribution >= 4 is 27.4 Å². The molecule has 0 amide bonds. The van der Waals surface area contributed by atoms with Crippen LogP contribution in [0.2, 0.25) is 0 Å². The van der Waals surface area contributed by atoms with Gasteiger partial charge < -0.3 is 9.47 Å². The molecule has 0 saturated carbocycles. The molecule has 1 aromatic rings. The molecule has 0 spiro atoms. The van der Waals surface area contributed by atoms with Crippen molar-refractivity contribution < 1.29 is 19.2 Å². The van der Waals surface area contributed by atoms with E-state index in [1.807, 2.05) is 0 Å². The molecule has 0 aromatic heterocycles. The van der Waals surface area contributed by atoms with E-state index in [9.17, 15) is 14.9 Å². The molecule has 19 heavy (non-hydrogen) atoms. The number of halogens is 1. The monoisotopic (exact) mass is 331 g/mol. The third-order valence-corrected chi connectivity index (χ3v) is 3.03. The molecular formula is C12H14BrNO5. The Labute approximate surface area is 119 Å². The zero-order valence-electron chi connectivity index (χ0n) is 10.8. The predicted octanol–water partition coefficient (Wildman–Crippen LogP) is 2.72. The van der Waals surface area contributed by atoms with Crippen LogP contribution < -0.4 is 9.47 Å². The van der Waals surface area contributed by atoms with Crippen molar-refractivity contribution in [2.45, 2.75) is 19.4 Å². The molecule has 0 heterocycles. The molecule has 0 aliphatic rings. The molecule has 1 rings (SSSR count). The number of alkyl halides is 1. The van der Waals surface area contributed by atoms with Crippen LogP contribution in [0.4, 0.5) is 5.69 Å². The first-order chi connectivity index (χ1) is 8.81. The third-order valence-electron chi connectivity index (χ3n) is 2.52. The van der Waals surface area contributed by atoms with Gasteiger partial charge in [0, 0.05) is 0 Å². The van der Waals surface area contributed by atoms with Gasteiger partial charge in [-0.1, -0.05) is 15.9 Å². The molecule has 6 nitrogen and oxygen atoms in total. The third kappa shape index (κ3) is 3.66. The van der Waals surface area contributed by atoms with Gasteiger partial charge in [-0.05, 0) is 26.0 Å². The largest absolute Gasteiger partial charge is 0.496 e. The lowest BCUT2D eigenvalue weighted by Crippen LogP contribution is -2.39. The normalized spacial score (nSPS) is 10.9. The van der Waals surface area contributed by atoms with Crippen molar-refractivity contribution in [3.63, 3.8) is 0 Å². The fourth-order valence-electron chi connectivity index (χ4n) is 1.35. The molecule has 7 heteroatoms. The predicted molar refractivity (Wildman–Crippen MR) is 73.2 cm³/mol. The number of benzene rings is 1. The van der Waals surface area contributed by atoms with E-state index in [4.69, 9.17) is 9.47 Å². The lowest BCUT2D eigenvalue weighted by molar-refractivity contribution is -0.386. The number of carbonyl (C=O) groups excluding carboxylic acids is 1. The van der Waals surface area contributed by atoms with Gasteiger partial charge in [0.1, 0.15) is 5.75 Å². The second-order valence-corrected chi connectivity index (χ2v) is 4.82. The molecule has 1 aromatic carbocycles. The van der Waals surface area contributed by atoms with Crippen molar-refractivity contribution in [2.24, 2.45) is 0 Å². The standard InChI is InChI=1S/C12H14BrNO5/c1-12(2,11(15)7-13)19-10-5-4-8(18-3)6-9(10)14(16)17/h4-6H,7H2,1-3H3. The van der Waals surface area contributed by atoms with E-state index in [-0.39, 0.29) is 22.6 Å². The first kappa shape index (κ1) is 15.4. The summed E-state index contributed by atoms with van der Waals surface area (Å²) in [6, 6.07) is 4.21. The average Bonchev–Trinajstić information content (AvgIpc) is 2.37. The van der Waals surface area contributed by atoms with E-state index in [0.29, 0.717) is 5.75 Å². The van der Waals surface area contributed by atoms with Gasteiger partial charge in [0.05, 0.1) is 23.4 Å². The zero-order valence-corrected chi connectivity index (χ0v) is 12.4. The highest BCUT2D eigenvalue weighted by atomic mass is 79.9. The maximum absolute atomic E-state index is 11.7. The number of hydrogen-bond donors (Lipinski definition) is 0. The van der Waals surface area contributed by atoms with Crippen molar-refractivity contribution in [1.29, 1.82) is 0 Å². The molecule has 0 unspecified atom stereocenters. The van der Waals surface area contributed by atoms with Crippen molar-refractivity contribution in [1.82, 2.24) is 0 Å². The second kappa shape index (κ2) is 6.01. The Balaban J connectivity index is 3.14. The maximum Gasteiger partial charge on any atom is 0.314 e. The van der Waals surface area contributed by atoms with Crippen LogP contribution in [0, 0.1) is 10.1 Å². The summed E-state index contributed by atoms with van der Waals surface area (Å²) in [5, 5.41) is 11.1. The van der Waals surface area contributed by atoms with Gasteiger partial charge in [-0.2, -0.15) is 0 Å². The topological polar surface area (TPSA) is 78.7 Å². The molecule has 0 saturated heterocycles. The number of Topliss-reactive ketones (excluding diaryl/α,β-unsaturated/α-hetero) is 1. The van der Waals surface area contributed by atoms with Gasteiger partial charge >= 0.3 is 5.69 Å². The number of hydrogen-bond acceptors (Lipinski definition) is 5. The summed E-state index contributed by atoms with van der Waals surface area (Å²) in [7, 11) is 1.41. The van der Waals surface area contributed by atoms with Crippen molar-refractivity contribution in [3.8, 4) is 11.5 Å². The van der Waals surface area contributed by atoms with Gasteiger partial charge in [0.25, 0.3) is 0 Å². The molecule has 0 fully saturated rings. The number of nitro benzene ring substituents is 1. The average molecular weight is 332 g/mol. The van der Waals surface area contributed by atoms with Crippen LogP contribution in [0.3, 0.4) is 0 Å². The van der Waals surface area contributed by atoms with E-state index in [2.05, 4.69) is 15.9 Å². The minimum atomic E-state index is -1.15. The highest BCUT2D eigenvalue weighted by molar-refractivity contribution is 9.09. The summed E-state index contributed by atoms with van der Waals surface area (Å²) >= 11 is 3.05. The van der Waals surface area contributed by atoms with E-state index in [1.165, 1.54) is 25.3 Å². The highest BCUT2D eigenvalue weighted by Crippen LogP contribution is 2.33. The number of ketones is 1. The Bertz CT molecular complexity index is 501. The second-order valence-electron chi connectivity index (χ2n) is 4.26. The van der Waals surface area contributed by atoms with Crippen LogP contribution in [0.15, 0.2) is 18.2 Å². The number of methoxy groups -OCH3 is 1. The summed E-state index contributed by atoms with van der Waals surface area (Å²) in [5.41, 5.74) is -1.39. The first-order valence-electron chi connectivity index (χ1n) is 5.42. The quantitative estimate of drug-likeness (QED) is 0.455. The Morgan fingerprint density at radius 3 is 2.58 bits per heavy atom. The van der Waals surface area contributed by atoms with Gasteiger partial charge in [-0.3, -0.25) is 14.9 Å². The minimum absolute atomic E-state index is 0.0325. The van der Waals surface area contributed by atoms with Gasteiger partial charge in [-0.15, -0.1) is 0 Å². The zero-order chi connectivity index (χ0) is 14.6. The molecular weight excluding hydrogens is 318 g/mol. The van der Waals surface area contributed by atoms with Gasteiger partial charge in [0.15, 0.2) is 17.1 Å². The molecule has 0 radical (unpaired) electrons. The summed E-state index contributed by atoms with van der Waals surface area (Å²) in [6.45, 7) is 3.12. The van der Waals surface area contributed by atoms with E-state index in [1.54, 1.807) is 13.8 Å².